The summed E-state index contributed by atoms with van der Waals surface area (Å²) >= 11 is 0. The van der Waals surface area contributed by atoms with Crippen LogP contribution in [-0.2, 0) is 14.3 Å². The first-order chi connectivity index (χ1) is 14.4. The highest BCUT2D eigenvalue weighted by molar-refractivity contribution is 5.93. The van der Waals surface area contributed by atoms with Crippen LogP contribution < -0.4 is 5.32 Å². The molecule has 0 radical (unpaired) electrons. The first kappa shape index (κ1) is 26.0. The molecule has 1 N–H and O–H groups in total. The van der Waals surface area contributed by atoms with Crippen molar-refractivity contribution in [1.29, 1.82) is 0 Å². The molecule has 6 heteroatoms. The summed E-state index contributed by atoms with van der Waals surface area (Å²) in [5, 5.41) is 3.06. The van der Waals surface area contributed by atoms with E-state index in [4.69, 9.17) is 9.47 Å². The van der Waals surface area contributed by atoms with E-state index in [0.717, 1.165) is 42.7 Å². The van der Waals surface area contributed by atoms with Gasteiger partial charge < -0.3 is 19.3 Å². The second-order valence-electron chi connectivity index (χ2n) is 8.03. The second-order valence-corrected chi connectivity index (χ2v) is 8.03. The van der Waals surface area contributed by atoms with Gasteiger partial charge in [0.05, 0.1) is 19.7 Å². The van der Waals surface area contributed by atoms with Crippen molar-refractivity contribution in [2.45, 2.75) is 66.7 Å². The number of ether oxygens (including phenoxy) is 2. The molecule has 0 aromatic heterocycles. The van der Waals surface area contributed by atoms with E-state index < -0.39 is 6.16 Å². The van der Waals surface area contributed by atoms with Crippen LogP contribution in [0, 0.1) is 13.8 Å². The fraction of sp³-hybridized carbons (Fsp3) is 0.667. The number of likely N-dealkylation sites (N-methyl/N-ethyl adjacent to an activating group) is 1. The average molecular weight is 422 g/mol. The third-order valence-electron chi connectivity index (χ3n) is 5.82. The molecule has 0 unspecified atom stereocenters. The topological polar surface area (TPSA) is 64.6 Å². The molecule has 0 aliphatic rings. The molecule has 1 rings (SSSR count). The Labute approximate surface area is 182 Å². The quantitative estimate of drug-likeness (QED) is 0.254. The first-order valence-corrected chi connectivity index (χ1v) is 11.4. The highest BCUT2D eigenvalue weighted by atomic mass is 16.7. The number of para-hydroxylation sites is 1. The largest absolute Gasteiger partial charge is 0.508 e. The number of benzene rings is 1. The number of nitrogens with zero attached hydrogens (tertiary/aromatic N) is 1. The summed E-state index contributed by atoms with van der Waals surface area (Å²) in [6.45, 7) is 13.4. The van der Waals surface area contributed by atoms with Gasteiger partial charge in [-0.15, -0.1) is 0 Å². The molecule has 30 heavy (non-hydrogen) atoms. The zero-order chi connectivity index (χ0) is 22.4. The minimum atomic E-state index is -0.615. The Morgan fingerprint density at radius 1 is 0.900 bits per heavy atom. The minimum absolute atomic E-state index is 0.0224. The van der Waals surface area contributed by atoms with Crippen LogP contribution in [0.25, 0.3) is 0 Å². The first-order valence-electron chi connectivity index (χ1n) is 11.4. The molecule has 0 saturated heterocycles. The molecular weight excluding hydrogens is 380 g/mol. The van der Waals surface area contributed by atoms with Gasteiger partial charge in [-0.05, 0) is 45.2 Å². The molecule has 0 atom stereocenters. The molecule has 1 aromatic carbocycles. The smallest absolute Gasteiger partial charge is 0.434 e. The van der Waals surface area contributed by atoms with Gasteiger partial charge in [0.25, 0.3) is 5.91 Å². The van der Waals surface area contributed by atoms with Gasteiger partial charge in [0.15, 0.2) is 6.54 Å². The number of carbonyl (C=O) groups is 2. The van der Waals surface area contributed by atoms with Crippen molar-refractivity contribution in [3.8, 4) is 0 Å². The molecule has 0 saturated carbocycles. The minimum Gasteiger partial charge on any atom is -0.434 e. The van der Waals surface area contributed by atoms with E-state index in [0.29, 0.717) is 24.2 Å². The van der Waals surface area contributed by atoms with Crippen LogP contribution >= 0.6 is 0 Å². The van der Waals surface area contributed by atoms with Gasteiger partial charge >= 0.3 is 6.16 Å². The Morgan fingerprint density at radius 3 is 2.10 bits per heavy atom. The van der Waals surface area contributed by atoms with Crippen LogP contribution in [0.5, 0.6) is 0 Å². The van der Waals surface area contributed by atoms with Gasteiger partial charge in [0.2, 0.25) is 0 Å². The lowest BCUT2D eigenvalue weighted by Gasteiger charge is -2.35. The highest BCUT2D eigenvalue weighted by Crippen LogP contribution is 2.20. The Kier molecular flexibility index (Phi) is 12.1. The van der Waals surface area contributed by atoms with Gasteiger partial charge in [0.1, 0.15) is 13.2 Å². The van der Waals surface area contributed by atoms with Crippen LogP contribution in [0.2, 0.25) is 0 Å². The van der Waals surface area contributed by atoms with E-state index in [9.17, 15) is 9.59 Å². The second kappa shape index (κ2) is 14.0. The number of hydrogen-bond acceptors (Lipinski definition) is 4. The van der Waals surface area contributed by atoms with Gasteiger partial charge in [0, 0.05) is 5.69 Å². The fourth-order valence-corrected chi connectivity index (χ4v) is 3.56. The lowest BCUT2D eigenvalue weighted by atomic mass is 10.1. The summed E-state index contributed by atoms with van der Waals surface area (Å²) in [4.78, 5) is 24.5. The monoisotopic (exact) mass is 421 g/mol. The summed E-state index contributed by atoms with van der Waals surface area (Å²) in [7, 11) is 0. The normalized spacial score (nSPS) is 11.2. The summed E-state index contributed by atoms with van der Waals surface area (Å²) in [6, 6.07) is 5.97. The summed E-state index contributed by atoms with van der Waals surface area (Å²) in [5.41, 5.74) is 2.98. The molecule has 0 aliphatic heterocycles. The molecule has 1 amide bonds. The van der Waals surface area contributed by atoms with E-state index in [-0.39, 0.29) is 12.5 Å². The highest BCUT2D eigenvalue weighted by Gasteiger charge is 2.28. The van der Waals surface area contributed by atoms with E-state index >= 15 is 0 Å². The van der Waals surface area contributed by atoms with Crippen molar-refractivity contribution in [3.05, 3.63) is 29.3 Å². The van der Waals surface area contributed by atoms with Gasteiger partial charge in [-0.25, -0.2) is 4.79 Å². The van der Waals surface area contributed by atoms with Crippen molar-refractivity contribution >= 4 is 17.7 Å². The van der Waals surface area contributed by atoms with Crippen LogP contribution in [0.15, 0.2) is 18.2 Å². The lowest BCUT2D eigenvalue weighted by molar-refractivity contribution is -0.917. The van der Waals surface area contributed by atoms with Crippen LogP contribution in [-0.4, -0.2) is 55.9 Å². The molecule has 0 aliphatic carbocycles. The Bertz CT molecular complexity index is 636. The maximum atomic E-state index is 12.7. The fourth-order valence-electron chi connectivity index (χ4n) is 3.56. The number of nitrogens with one attached hydrogen (secondary N) is 1. The standard InChI is InChI=1S/C24H40N2O4/c1-6-9-10-11-12-17-29-24(28)30-18-16-26(7-2,8-3)19-22(27)25-23-20(4)14-13-15-21(23)5/h13-15H,6-12,16-19H2,1-5H3/p+1. The molecule has 6 nitrogen and oxygen atoms in total. The van der Waals surface area contributed by atoms with E-state index in [1.807, 2.05) is 32.0 Å². The third kappa shape index (κ3) is 9.16. The zero-order valence-corrected chi connectivity index (χ0v) is 19.6. The van der Waals surface area contributed by atoms with E-state index in [1.165, 1.54) is 19.3 Å². The number of unbranched alkanes of at least 4 members (excludes halogenated alkanes) is 4. The number of hydrogen-bond donors (Lipinski definition) is 1. The summed E-state index contributed by atoms with van der Waals surface area (Å²) in [6.07, 6.45) is 4.91. The molecular formula is C24H41N2O4+. The predicted molar refractivity (Wildman–Crippen MR) is 122 cm³/mol. The molecule has 0 spiro atoms. The van der Waals surface area contributed by atoms with Crippen LogP contribution in [0.4, 0.5) is 10.5 Å². The van der Waals surface area contributed by atoms with Gasteiger partial charge in [-0.2, -0.15) is 0 Å². The van der Waals surface area contributed by atoms with Gasteiger partial charge in [-0.1, -0.05) is 50.8 Å². The number of carbonyl (C=O) groups excluding carboxylic acids is 2. The van der Waals surface area contributed by atoms with E-state index in [2.05, 4.69) is 26.1 Å². The van der Waals surface area contributed by atoms with Crippen LogP contribution in [0.3, 0.4) is 0 Å². The lowest BCUT2D eigenvalue weighted by Crippen LogP contribution is -2.54. The Hall–Kier alpha value is -2.08. The number of rotatable bonds is 14. The van der Waals surface area contributed by atoms with Gasteiger partial charge in [-0.3, -0.25) is 4.79 Å². The van der Waals surface area contributed by atoms with Crippen molar-refractivity contribution < 1.29 is 23.5 Å². The maximum absolute atomic E-state index is 12.7. The maximum Gasteiger partial charge on any atom is 0.508 e. The third-order valence-corrected chi connectivity index (χ3v) is 5.82. The summed E-state index contributed by atoms with van der Waals surface area (Å²) in [5.74, 6) is -0.0224. The van der Waals surface area contributed by atoms with Crippen molar-refractivity contribution in [2.24, 2.45) is 0 Å². The molecule has 0 heterocycles. The molecule has 1 aromatic rings. The average Bonchev–Trinajstić information content (AvgIpc) is 2.72. The van der Waals surface area contributed by atoms with Crippen molar-refractivity contribution in [1.82, 2.24) is 0 Å². The number of quaternary nitrogens is 1. The Balaban J connectivity index is 2.46. The number of aryl methyl sites for hydroxylation is 2. The number of anilines is 1. The molecule has 0 fully saturated rings. The zero-order valence-electron chi connectivity index (χ0n) is 19.6. The van der Waals surface area contributed by atoms with Crippen molar-refractivity contribution in [3.63, 3.8) is 0 Å². The molecule has 0 bridgehead atoms. The van der Waals surface area contributed by atoms with Crippen molar-refractivity contribution in [2.75, 3.05) is 44.7 Å². The predicted octanol–water partition coefficient (Wildman–Crippen LogP) is 5.22. The van der Waals surface area contributed by atoms with E-state index in [1.54, 1.807) is 0 Å². The van der Waals surface area contributed by atoms with Crippen LogP contribution in [0.1, 0.15) is 64.0 Å². The molecule has 170 valence electrons. The SMILES string of the molecule is CCCCCCCOC(=O)OCC[N+](CC)(CC)CC(=O)Nc1c(C)cccc1C. The summed E-state index contributed by atoms with van der Waals surface area (Å²) < 4.78 is 11.0. The Morgan fingerprint density at radius 2 is 1.50 bits per heavy atom. The number of amides is 1.